The maximum Gasteiger partial charge on any atom is 0.320 e. The van der Waals surface area contributed by atoms with Gasteiger partial charge >= 0.3 is 6.03 Å². The molecule has 2 heterocycles. The van der Waals surface area contributed by atoms with E-state index in [1.165, 1.54) is 0 Å². The fraction of sp³-hybridized carbons (Fsp3) is 0.222. The van der Waals surface area contributed by atoms with Crippen LogP contribution in [-0.2, 0) is 0 Å². The summed E-state index contributed by atoms with van der Waals surface area (Å²) in [5.74, 6) is 0.434. The standard InChI is InChI=1S/C18H19N5O/c1-18(2,3)23-17(24)22-15-10-9-13-16(21-15)20-14(11-19-13)12-7-5-4-6-8-12/h4-11H,1-3H3,(H2,20,21,22,23,24). The first-order chi connectivity index (χ1) is 11.4. The van der Waals surface area contributed by atoms with Crippen LogP contribution in [0.5, 0.6) is 0 Å². The number of aromatic nitrogens is 3. The molecule has 6 heteroatoms. The highest BCUT2D eigenvalue weighted by atomic mass is 16.2. The normalized spacial score (nSPS) is 11.3. The van der Waals surface area contributed by atoms with Crippen LogP contribution in [0.1, 0.15) is 20.8 Å². The van der Waals surface area contributed by atoms with Crippen molar-refractivity contribution in [1.29, 1.82) is 0 Å². The van der Waals surface area contributed by atoms with Crippen LogP contribution in [0, 0.1) is 0 Å². The number of anilines is 1. The highest BCUT2D eigenvalue weighted by Crippen LogP contribution is 2.19. The van der Waals surface area contributed by atoms with Crippen molar-refractivity contribution in [2.45, 2.75) is 26.3 Å². The molecule has 0 aliphatic carbocycles. The number of amides is 2. The molecule has 0 spiro atoms. The Kier molecular flexibility index (Phi) is 4.12. The Hall–Kier alpha value is -3.02. The molecule has 1 aromatic carbocycles. The minimum absolute atomic E-state index is 0.304. The van der Waals surface area contributed by atoms with E-state index in [9.17, 15) is 4.79 Å². The lowest BCUT2D eigenvalue weighted by Crippen LogP contribution is -2.43. The third-order valence-corrected chi connectivity index (χ3v) is 3.21. The van der Waals surface area contributed by atoms with E-state index in [1.54, 1.807) is 18.3 Å². The molecule has 0 radical (unpaired) electrons. The van der Waals surface area contributed by atoms with Gasteiger partial charge in [-0.25, -0.2) is 14.8 Å². The van der Waals surface area contributed by atoms with Crippen molar-refractivity contribution < 1.29 is 4.79 Å². The fourth-order valence-corrected chi connectivity index (χ4v) is 2.20. The summed E-state index contributed by atoms with van der Waals surface area (Å²) in [7, 11) is 0. The van der Waals surface area contributed by atoms with Crippen molar-refractivity contribution in [2.75, 3.05) is 5.32 Å². The SMILES string of the molecule is CC(C)(C)NC(=O)Nc1ccc2ncc(-c3ccccc3)nc2n1. The van der Waals surface area contributed by atoms with Crippen molar-refractivity contribution in [3.63, 3.8) is 0 Å². The molecular formula is C18H19N5O. The van der Waals surface area contributed by atoms with Crippen molar-refractivity contribution in [1.82, 2.24) is 20.3 Å². The summed E-state index contributed by atoms with van der Waals surface area (Å²) < 4.78 is 0. The van der Waals surface area contributed by atoms with Gasteiger partial charge in [-0.3, -0.25) is 10.3 Å². The topological polar surface area (TPSA) is 79.8 Å². The second-order valence-electron chi connectivity index (χ2n) is 6.49. The predicted octanol–water partition coefficient (Wildman–Crippen LogP) is 3.61. The van der Waals surface area contributed by atoms with Gasteiger partial charge in [-0.1, -0.05) is 30.3 Å². The summed E-state index contributed by atoms with van der Waals surface area (Å²) in [6.07, 6.45) is 1.72. The maximum absolute atomic E-state index is 12.0. The molecule has 0 saturated heterocycles. The van der Waals surface area contributed by atoms with Gasteiger partial charge < -0.3 is 5.32 Å². The second kappa shape index (κ2) is 6.23. The first kappa shape index (κ1) is 15.9. The summed E-state index contributed by atoms with van der Waals surface area (Å²) in [5, 5.41) is 5.55. The molecule has 0 atom stereocenters. The average molecular weight is 321 g/mol. The largest absolute Gasteiger partial charge is 0.333 e. The molecule has 2 amide bonds. The Morgan fingerprint density at radius 2 is 1.75 bits per heavy atom. The Morgan fingerprint density at radius 1 is 1.00 bits per heavy atom. The Labute approximate surface area is 140 Å². The van der Waals surface area contributed by atoms with E-state index >= 15 is 0 Å². The first-order valence-corrected chi connectivity index (χ1v) is 7.69. The number of fused-ring (bicyclic) bond motifs is 1. The molecule has 3 rings (SSSR count). The molecule has 3 aromatic rings. The minimum atomic E-state index is -0.318. The lowest BCUT2D eigenvalue weighted by molar-refractivity contribution is 0.243. The quantitative estimate of drug-likeness (QED) is 0.755. The Balaban J connectivity index is 1.88. The van der Waals surface area contributed by atoms with Crippen molar-refractivity contribution in [2.24, 2.45) is 0 Å². The van der Waals surface area contributed by atoms with Gasteiger partial charge in [-0.15, -0.1) is 0 Å². The molecule has 2 N–H and O–H groups in total. The van der Waals surface area contributed by atoms with Gasteiger partial charge in [-0.2, -0.15) is 0 Å². The number of carbonyl (C=O) groups is 1. The van der Waals surface area contributed by atoms with Crippen LogP contribution in [-0.4, -0.2) is 26.5 Å². The lowest BCUT2D eigenvalue weighted by Gasteiger charge is -2.20. The smallest absolute Gasteiger partial charge is 0.320 e. The van der Waals surface area contributed by atoms with Crippen LogP contribution in [0.15, 0.2) is 48.7 Å². The van der Waals surface area contributed by atoms with Crippen LogP contribution in [0.2, 0.25) is 0 Å². The van der Waals surface area contributed by atoms with Crippen LogP contribution in [0.4, 0.5) is 10.6 Å². The lowest BCUT2D eigenvalue weighted by atomic mass is 10.1. The van der Waals surface area contributed by atoms with Gasteiger partial charge in [0.05, 0.1) is 11.9 Å². The van der Waals surface area contributed by atoms with E-state index in [0.29, 0.717) is 17.0 Å². The molecule has 0 aliphatic heterocycles. The third-order valence-electron chi connectivity index (χ3n) is 3.21. The number of nitrogens with one attached hydrogen (secondary N) is 2. The predicted molar refractivity (Wildman–Crippen MR) is 94.7 cm³/mol. The molecule has 122 valence electrons. The number of rotatable bonds is 2. The first-order valence-electron chi connectivity index (χ1n) is 7.69. The van der Waals surface area contributed by atoms with Gasteiger partial charge in [0.15, 0.2) is 5.65 Å². The number of hydrogen-bond acceptors (Lipinski definition) is 4. The summed E-state index contributed by atoms with van der Waals surface area (Å²) in [6.45, 7) is 5.74. The van der Waals surface area contributed by atoms with Crippen molar-refractivity contribution in [3.05, 3.63) is 48.7 Å². The van der Waals surface area contributed by atoms with Crippen LogP contribution < -0.4 is 10.6 Å². The minimum Gasteiger partial charge on any atom is -0.333 e. The van der Waals surface area contributed by atoms with E-state index in [0.717, 1.165) is 11.3 Å². The number of hydrogen-bond donors (Lipinski definition) is 2. The molecule has 0 aliphatic rings. The molecule has 2 aromatic heterocycles. The molecule has 6 nitrogen and oxygen atoms in total. The van der Waals surface area contributed by atoms with Gasteiger partial charge in [0, 0.05) is 11.1 Å². The van der Waals surface area contributed by atoms with Gasteiger partial charge in [-0.05, 0) is 32.9 Å². The van der Waals surface area contributed by atoms with Gasteiger partial charge in [0.1, 0.15) is 11.3 Å². The van der Waals surface area contributed by atoms with Crippen molar-refractivity contribution in [3.8, 4) is 11.3 Å². The number of nitrogens with zero attached hydrogens (tertiary/aromatic N) is 3. The number of carbonyl (C=O) groups excluding carboxylic acids is 1. The summed E-state index contributed by atoms with van der Waals surface area (Å²) in [5.41, 5.74) is 2.56. The molecule has 24 heavy (non-hydrogen) atoms. The van der Waals surface area contributed by atoms with Gasteiger partial charge in [0.25, 0.3) is 0 Å². The number of benzene rings is 1. The van der Waals surface area contributed by atoms with Crippen LogP contribution in [0.25, 0.3) is 22.4 Å². The highest BCUT2D eigenvalue weighted by Gasteiger charge is 2.14. The second-order valence-corrected chi connectivity index (χ2v) is 6.49. The highest BCUT2D eigenvalue weighted by molar-refractivity contribution is 5.89. The van der Waals surface area contributed by atoms with Gasteiger partial charge in [0.2, 0.25) is 0 Å². The molecule has 0 bridgehead atoms. The average Bonchev–Trinajstić information content (AvgIpc) is 2.53. The summed E-state index contributed by atoms with van der Waals surface area (Å²) in [6, 6.07) is 13.0. The Bertz CT molecular complexity index is 871. The third kappa shape index (κ3) is 3.84. The zero-order valence-electron chi connectivity index (χ0n) is 13.9. The monoisotopic (exact) mass is 321 g/mol. The molecular weight excluding hydrogens is 302 g/mol. The summed E-state index contributed by atoms with van der Waals surface area (Å²) in [4.78, 5) is 25.3. The van der Waals surface area contributed by atoms with Crippen LogP contribution in [0.3, 0.4) is 0 Å². The number of pyridine rings is 1. The zero-order chi connectivity index (χ0) is 17.2. The van der Waals surface area contributed by atoms with E-state index in [1.807, 2.05) is 51.1 Å². The molecule has 0 fully saturated rings. The van der Waals surface area contributed by atoms with E-state index in [4.69, 9.17) is 0 Å². The van der Waals surface area contributed by atoms with E-state index in [2.05, 4.69) is 25.6 Å². The molecule has 0 saturated carbocycles. The van der Waals surface area contributed by atoms with Crippen molar-refractivity contribution >= 4 is 23.0 Å². The maximum atomic E-state index is 12.0. The fourth-order valence-electron chi connectivity index (χ4n) is 2.20. The van der Waals surface area contributed by atoms with E-state index < -0.39 is 0 Å². The Morgan fingerprint density at radius 3 is 2.46 bits per heavy atom. The number of urea groups is 1. The van der Waals surface area contributed by atoms with E-state index in [-0.39, 0.29) is 11.6 Å². The summed E-state index contributed by atoms with van der Waals surface area (Å²) >= 11 is 0. The zero-order valence-corrected chi connectivity index (χ0v) is 13.9. The molecule has 0 unspecified atom stereocenters. The van der Waals surface area contributed by atoms with Crippen LogP contribution >= 0.6 is 0 Å².